The Morgan fingerprint density at radius 2 is 1.89 bits per heavy atom. The lowest BCUT2D eigenvalue weighted by atomic mass is 9.42. The summed E-state index contributed by atoms with van der Waals surface area (Å²) in [5.74, 6) is 0.621. The van der Waals surface area contributed by atoms with Crippen molar-refractivity contribution in [3.63, 3.8) is 0 Å². The highest BCUT2D eigenvalue weighted by atomic mass is 16.7. The number of epoxide rings is 1. The molecule has 0 radical (unpaired) electrons. The summed E-state index contributed by atoms with van der Waals surface area (Å²) in [4.78, 5) is 13.9. The largest absolute Gasteiger partial charge is 0.481 e. The van der Waals surface area contributed by atoms with Crippen LogP contribution in [0.4, 0.5) is 0 Å². The van der Waals surface area contributed by atoms with Crippen LogP contribution in [0.1, 0.15) is 53.4 Å². The van der Waals surface area contributed by atoms with Crippen molar-refractivity contribution in [1.82, 2.24) is 0 Å². The Balaban J connectivity index is 1.34. The van der Waals surface area contributed by atoms with Gasteiger partial charge in [-0.15, -0.1) is 0 Å². The number of ether oxygens (including phenoxy) is 5. The van der Waals surface area contributed by atoms with Gasteiger partial charge >= 0.3 is 5.97 Å². The van der Waals surface area contributed by atoms with E-state index in [9.17, 15) is 15.0 Å². The minimum absolute atomic E-state index is 0.0825. The van der Waals surface area contributed by atoms with Gasteiger partial charge in [-0.05, 0) is 55.8 Å². The van der Waals surface area contributed by atoms with Gasteiger partial charge in [-0.25, -0.2) is 0 Å². The Bertz CT molecular complexity index is 973. The van der Waals surface area contributed by atoms with Crippen LogP contribution >= 0.6 is 0 Å². The molecule has 2 N–H and O–H groups in total. The molecule has 7 aliphatic rings. The number of hydrogen-bond donors (Lipinski definition) is 2. The lowest BCUT2D eigenvalue weighted by Gasteiger charge is -2.61. The van der Waals surface area contributed by atoms with Gasteiger partial charge in [0, 0.05) is 10.8 Å². The minimum atomic E-state index is -1.11. The summed E-state index contributed by atoms with van der Waals surface area (Å²) >= 11 is 0. The number of carbonyl (C=O) groups is 1. The van der Waals surface area contributed by atoms with E-state index in [2.05, 4.69) is 26.8 Å². The third-order valence-electron chi connectivity index (χ3n) is 11.5. The van der Waals surface area contributed by atoms with Gasteiger partial charge in [0.15, 0.2) is 12.6 Å². The molecular weight excluding hydrogens is 464 g/mol. The van der Waals surface area contributed by atoms with E-state index in [-0.39, 0.29) is 36.1 Å². The second kappa shape index (κ2) is 7.76. The Hall–Kier alpha value is -1.03. The van der Waals surface area contributed by atoms with E-state index in [1.807, 2.05) is 6.92 Å². The zero-order chi connectivity index (χ0) is 25.2. The van der Waals surface area contributed by atoms with Crippen molar-refractivity contribution in [2.24, 2.45) is 45.8 Å². The molecule has 0 aromatic heterocycles. The molecular formula is C28H40O8. The Morgan fingerprint density at radius 3 is 2.58 bits per heavy atom. The first-order chi connectivity index (χ1) is 17.2. The Morgan fingerprint density at radius 1 is 1.14 bits per heavy atom. The van der Waals surface area contributed by atoms with Gasteiger partial charge in [-0.2, -0.15) is 0 Å². The fourth-order valence-corrected chi connectivity index (χ4v) is 10.1. The van der Waals surface area contributed by atoms with Crippen LogP contribution in [-0.2, 0) is 28.5 Å². The van der Waals surface area contributed by atoms with Crippen molar-refractivity contribution in [3.05, 3.63) is 11.6 Å². The van der Waals surface area contributed by atoms with E-state index < -0.39 is 40.9 Å². The van der Waals surface area contributed by atoms with Crippen molar-refractivity contribution < 1.29 is 38.7 Å². The highest BCUT2D eigenvalue weighted by Crippen LogP contribution is 2.84. The van der Waals surface area contributed by atoms with Gasteiger partial charge in [0.1, 0.15) is 23.7 Å². The van der Waals surface area contributed by atoms with E-state index in [0.717, 1.165) is 31.3 Å². The van der Waals surface area contributed by atoms with Crippen LogP contribution in [0.2, 0.25) is 0 Å². The van der Waals surface area contributed by atoms with E-state index in [1.54, 1.807) is 0 Å². The first kappa shape index (κ1) is 24.0. The van der Waals surface area contributed by atoms with Gasteiger partial charge in [-0.1, -0.05) is 38.8 Å². The molecule has 3 saturated heterocycles. The van der Waals surface area contributed by atoms with Crippen molar-refractivity contribution in [1.29, 1.82) is 0 Å². The van der Waals surface area contributed by atoms with Crippen LogP contribution in [0.3, 0.4) is 0 Å². The molecule has 0 aromatic rings. The molecule has 0 amide bonds. The normalized spacial score (nSPS) is 55.1. The van der Waals surface area contributed by atoms with Crippen LogP contribution in [0.5, 0.6) is 0 Å². The number of aliphatic hydroxyl groups excluding tert-OH is 1. The average Bonchev–Trinajstić information content (AvgIpc) is 3.13. The molecule has 0 spiro atoms. The van der Waals surface area contributed by atoms with E-state index in [0.29, 0.717) is 31.7 Å². The van der Waals surface area contributed by atoms with E-state index >= 15 is 0 Å². The van der Waals surface area contributed by atoms with Gasteiger partial charge < -0.3 is 33.9 Å². The van der Waals surface area contributed by atoms with Crippen molar-refractivity contribution in [3.8, 4) is 0 Å². The molecule has 7 rings (SSSR count). The molecule has 0 aromatic carbocycles. The summed E-state index contributed by atoms with van der Waals surface area (Å²) in [6.45, 7) is 9.73. The number of aliphatic carboxylic acids is 1. The number of fused-ring (bicyclic) bond motifs is 3. The summed E-state index contributed by atoms with van der Waals surface area (Å²) in [5.41, 5.74) is -1.29. The van der Waals surface area contributed by atoms with Crippen LogP contribution in [0, 0.1) is 45.8 Å². The maximum absolute atomic E-state index is 13.9. The van der Waals surface area contributed by atoms with Gasteiger partial charge in [0.25, 0.3) is 0 Å². The molecule has 8 heteroatoms. The van der Waals surface area contributed by atoms with Crippen LogP contribution in [0.25, 0.3) is 0 Å². The lowest BCUT2D eigenvalue weighted by molar-refractivity contribution is -0.261. The number of hydrogen-bond acceptors (Lipinski definition) is 7. The predicted octanol–water partition coefficient (Wildman–Crippen LogP) is 2.97. The van der Waals surface area contributed by atoms with Gasteiger partial charge in [-0.3, -0.25) is 4.79 Å². The molecule has 3 heterocycles. The van der Waals surface area contributed by atoms with E-state index in [1.165, 1.54) is 0 Å². The highest BCUT2D eigenvalue weighted by molar-refractivity contribution is 5.85. The maximum atomic E-state index is 13.9. The molecule has 36 heavy (non-hydrogen) atoms. The fraction of sp³-hybridized carbons (Fsp3) is 0.893. The summed E-state index contributed by atoms with van der Waals surface area (Å²) in [6, 6.07) is 0. The number of carboxylic acid groups (broad SMARTS) is 1. The van der Waals surface area contributed by atoms with Crippen LogP contribution in [-0.4, -0.2) is 73.0 Å². The molecule has 4 bridgehead atoms. The molecule has 6 fully saturated rings. The zero-order valence-corrected chi connectivity index (χ0v) is 21.7. The second-order valence-corrected chi connectivity index (χ2v) is 13.0. The van der Waals surface area contributed by atoms with Crippen LogP contribution in [0.15, 0.2) is 11.6 Å². The molecule has 8 nitrogen and oxygen atoms in total. The number of aliphatic hydroxyl groups is 1. The van der Waals surface area contributed by atoms with Gasteiger partial charge in [0.05, 0.1) is 25.9 Å². The fourth-order valence-electron chi connectivity index (χ4n) is 10.1. The maximum Gasteiger partial charge on any atom is 0.315 e. The first-order valence-corrected chi connectivity index (χ1v) is 14.0. The third-order valence-corrected chi connectivity index (χ3v) is 11.5. The average molecular weight is 505 g/mol. The van der Waals surface area contributed by atoms with Crippen LogP contribution < -0.4 is 0 Å². The standard InChI is InChI=1S/C28H40O8/c1-13(2)19-9-16-10-27(25-32-7-8-33-25)18-6-5-14(3)17(18)11-26(16,28(19,27)24(30)31)12-34-23-22-21(36-22)20(29)15(4)35-23/h9,13-18,20-23,25,29H,5-8,10-12H2,1-4H3,(H,30,31)/t14?,15-,16?,17?,18?,20-,21+,22+,23-,26?,27?,28?/m1/s1. The van der Waals surface area contributed by atoms with Crippen molar-refractivity contribution >= 4 is 5.97 Å². The predicted molar refractivity (Wildman–Crippen MR) is 127 cm³/mol. The molecule has 200 valence electrons. The summed E-state index contributed by atoms with van der Waals surface area (Å²) < 4.78 is 30.8. The monoisotopic (exact) mass is 504 g/mol. The minimum Gasteiger partial charge on any atom is -0.481 e. The Kier molecular flexibility index (Phi) is 5.18. The zero-order valence-electron chi connectivity index (χ0n) is 21.7. The Labute approximate surface area is 212 Å². The summed E-state index contributed by atoms with van der Waals surface area (Å²) in [6.07, 6.45) is 3.31. The molecule has 12 atom stereocenters. The smallest absolute Gasteiger partial charge is 0.315 e. The van der Waals surface area contributed by atoms with Gasteiger partial charge in [0.2, 0.25) is 0 Å². The SMILES string of the molecule is CC(C)C1=CC2CC3(C4OCCO4)C4CCC(C)C4CC2(CO[C@@H]2O[C@H](C)[C@@H](O)[C@@H]4O[C@H]24)C13C(=O)O. The quantitative estimate of drug-likeness (QED) is 0.420. The topological polar surface area (TPSA) is 107 Å². The number of carboxylic acids is 1. The number of allylic oxidation sites excluding steroid dienone is 1. The molecule has 7 unspecified atom stereocenters. The lowest BCUT2D eigenvalue weighted by Crippen LogP contribution is -2.66. The number of rotatable bonds is 6. The van der Waals surface area contributed by atoms with Crippen molar-refractivity contribution in [2.45, 2.75) is 90.4 Å². The summed E-state index contributed by atoms with van der Waals surface area (Å²) in [7, 11) is 0. The van der Waals surface area contributed by atoms with Crippen molar-refractivity contribution in [2.75, 3.05) is 19.8 Å². The first-order valence-electron chi connectivity index (χ1n) is 14.0. The molecule has 3 saturated carbocycles. The third kappa shape index (κ3) is 2.64. The second-order valence-electron chi connectivity index (χ2n) is 13.0. The molecule has 3 aliphatic heterocycles. The summed E-state index contributed by atoms with van der Waals surface area (Å²) in [5, 5.41) is 21.7. The highest BCUT2D eigenvalue weighted by Gasteiger charge is 2.86. The van der Waals surface area contributed by atoms with E-state index in [4.69, 9.17) is 23.7 Å². The molecule has 4 aliphatic carbocycles.